The van der Waals surface area contributed by atoms with Crippen molar-refractivity contribution in [3.05, 3.63) is 356 Å². The Balaban J connectivity index is 0.000000227. The molecular weight excluding hydrogens is 1920 g/mol. The second kappa shape index (κ2) is 60.9. The Labute approximate surface area is 874 Å². The molecule has 0 heterocycles. The monoisotopic (exact) mass is 2040 g/mol. The van der Waals surface area contributed by atoms with Gasteiger partial charge in [0.1, 0.15) is 64.1 Å². The number of aryl methyl sites for hydroxylation is 1. The number of nitrogens with zero attached hydrogens (tertiary/aromatic N) is 3. The zero-order chi connectivity index (χ0) is 106. The summed E-state index contributed by atoms with van der Waals surface area (Å²) in [4.78, 5) is 157. The Morgan fingerprint density at radius 3 is 0.959 bits per heavy atom. The predicted octanol–water partition coefficient (Wildman–Crippen LogP) is 24.3. The van der Waals surface area contributed by atoms with Crippen molar-refractivity contribution in [2.24, 2.45) is 0 Å². The maximum absolute atomic E-state index is 13.4. The van der Waals surface area contributed by atoms with Gasteiger partial charge in [-0.2, -0.15) is 0 Å². The standard InChI is InChI=1S/C41H46N2O7.C40H43ClN2O7.C38H40N2O7S/c1-5-6-7-8-9-24-49-36-21-15-34(16-22-36)41(47)50-37-19-10-31(11-20-37)28-43(27-30(3)44)40(46)33-13-17-35(18-14-33)42-39(45)26-32-12-23-38(48-4)29(2)25-32;1-4-5-6-7-8-23-49-34-20-14-32(15-21-34)40(47)50-35-18-9-29(10-19-35)27-43(26-28(2)44)39(46)31-12-16-33(17-13-31)42-38(45)25-30-11-22-37(48-3)36(41)24-30;1-3-4-5-6-7-23-46-32-21-15-29(16-22-32)38(45)47-33-19-11-27(12-20-33)25-40(26-35(41)42)37(44)28-13-17-31(18-14-28)39-36(43)30-9-8-10-34(24-30)48-2/h10-23,25H,5-9,24,26-28H2,1-4H3,(H,42,45);9-22,24H,4-8,23,25-27H2,1-3H3,(H,42,45);8-22,24H,3-7,23,25-26H2,1-2H3,(H,39,43)(H,41,42). The summed E-state index contributed by atoms with van der Waals surface area (Å²) < 4.78 is 44.4. The molecule has 12 aromatic carbocycles. The number of carboxylic acids is 1. The molecule has 6 amide bonds. The third-order valence-electron chi connectivity index (χ3n) is 23.3. The maximum Gasteiger partial charge on any atom is 0.343 e. The van der Waals surface area contributed by atoms with Crippen LogP contribution < -0.4 is 53.8 Å². The highest BCUT2D eigenvalue weighted by Gasteiger charge is 2.25. The van der Waals surface area contributed by atoms with E-state index in [1.165, 1.54) is 105 Å². The first-order chi connectivity index (χ1) is 71.5. The van der Waals surface area contributed by atoms with Crippen LogP contribution in [-0.2, 0) is 56.4 Å². The summed E-state index contributed by atoms with van der Waals surface area (Å²) in [5.74, 6) is -0.449. The predicted molar refractivity (Wildman–Crippen MR) is 575 cm³/mol. The first-order valence-corrected chi connectivity index (χ1v) is 51.2. The molecule has 0 aliphatic heterocycles. The fourth-order valence-electron chi connectivity index (χ4n) is 15.5. The lowest BCUT2D eigenvalue weighted by Gasteiger charge is -2.22. The number of amides is 6. The Morgan fingerprint density at radius 2 is 0.642 bits per heavy atom. The van der Waals surface area contributed by atoms with Crippen LogP contribution in [0.15, 0.2) is 284 Å². The number of esters is 3. The molecule has 27 nitrogen and oxygen atoms in total. The van der Waals surface area contributed by atoms with Crippen molar-refractivity contribution in [3.8, 4) is 46.0 Å². The summed E-state index contributed by atoms with van der Waals surface area (Å²) in [7, 11) is 3.13. The fraction of sp³-hybridized carbons (Fsp3) is 0.294. The number of anilines is 3. The molecule has 29 heteroatoms. The summed E-state index contributed by atoms with van der Waals surface area (Å²) in [5, 5.41) is 18.4. The van der Waals surface area contributed by atoms with E-state index in [0.717, 1.165) is 77.0 Å². The number of rotatable bonds is 53. The minimum absolute atomic E-state index is 0.0176. The molecule has 0 saturated heterocycles. The van der Waals surface area contributed by atoms with Crippen molar-refractivity contribution in [1.82, 2.24) is 14.7 Å². The topological polar surface area (TPSA) is 345 Å². The average molecular weight is 2050 g/mol. The van der Waals surface area contributed by atoms with Crippen molar-refractivity contribution >= 4 is 111 Å². The van der Waals surface area contributed by atoms with Crippen LogP contribution in [0.3, 0.4) is 0 Å². The Morgan fingerprint density at radius 1 is 0.331 bits per heavy atom. The third-order valence-corrected chi connectivity index (χ3v) is 24.3. The zero-order valence-electron chi connectivity index (χ0n) is 85.2. The second-order valence-corrected chi connectivity index (χ2v) is 36.7. The lowest BCUT2D eigenvalue weighted by molar-refractivity contribution is -0.138. The number of Topliss-reactive ketones (excluding diaryl/α,β-unsaturated/α-hetero) is 2. The first kappa shape index (κ1) is 114. The van der Waals surface area contributed by atoms with Crippen LogP contribution in [0, 0.1) is 6.92 Å². The molecule has 12 rings (SSSR count). The number of carbonyl (C=O) groups excluding carboxylic acids is 11. The van der Waals surface area contributed by atoms with Crippen LogP contribution in [0.5, 0.6) is 46.0 Å². The number of unbranched alkanes of at least 4 members (excludes halogenated alkanes) is 12. The Hall–Kier alpha value is -15.7. The molecule has 148 heavy (non-hydrogen) atoms. The van der Waals surface area contributed by atoms with E-state index in [4.69, 9.17) is 49.5 Å². The number of hydrogen-bond donors (Lipinski definition) is 4. The van der Waals surface area contributed by atoms with Crippen molar-refractivity contribution in [3.63, 3.8) is 0 Å². The molecule has 0 fully saturated rings. The number of ether oxygens (including phenoxy) is 8. The summed E-state index contributed by atoms with van der Waals surface area (Å²) >= 11 is 7.70. The van der Waals surface area contributed by atoms with E-state index in [1.807, 2.05) is 43.5 Å². The van der Waals surface area contributed by atoms with Gasteiger partial charge in [0.2, 0.25) is 11.8 Å². The van der Waals surface area contributed by atoms with Gasteiger partial charge in [0, 0.05) is 63.8 Å². The van der Waals surface area contributed by atoms with Crippen molar-refractivity contribution in [1.29, 1.82) is 0 Å². The summed E-state index contributed by atoms with van der Waals surface area (Å²) in [6.07, 6.45) is 19.6. The van der Waals surface area contributed by atoms with E-state index in [1.54, 1.807) is 256 Å². The normalized spacial score (nSPS) is 10.6. The highest BCUT2D eigenvalue weighted by molar-refractivity contribution is 7.98. The van der Waals surface area contributed by atoms with Crippen molar-refractivity contribution in [2.45, 2.75) is 175 Å². The van der Waals surface area contributed by atoms with Gasteiger partial charge >= 0.3 is 23.9 Å². The van der Waals surface area contributed by atoms with Gasteiger partial charge in [-0.25, -0.2) is 14.4 Å². The van der Waals surface area contributed by atoms with Gasteiger partial charge < -0.3 is 73.7 Å². The number of benzene rings is 12. The average Bonchev–Trinajstić information content (AvgIpc) is 0.836. The molecule has 0 atom stereocenters. The Kier molecular flexibility index (Phi) is 47.0. The molecule has 0 saturated carbocycles. The number of aliphatic carboxylic acids is 1. The van der Waals surface area contributed by atoms with Gasteiger partial charge in [0.25, 0.3) is 23.6 Å². The van der Waals surface area contributed by atoms with E-state index in [2.05, 4.69) is 36.7 Å². The molecule has 0 aliphatic rings. The minimum atomic E-state index is -1.16. The summed E-state index contributed by atoms with van der Waals surface area (Å²) in [6.45, 7) is 12.9. The number of nitrogens with one attached hydrogen (secondary N) is 3. The highest BCUT2D eigenvalue weighted by Crippen LogP contribution is 2.30. The molecule has 0 spiro atoms. The van der Waals surface area contributed by atoms with E-state index >= 15 is 0 Å². The maximum atomic E-state index is 13.4. The van der Waals surface area contributed by atoms with E-state index in [0.29, 0.717) is 121 Å². The number of carboxylic acid groups (broad SMARTS) is 1. The number of hydrogen-bond acceptors (Lipinski definition) is 21. The van der Waals surface area contributed by atoms with E-state index < -0.39 is 36.3 Å². The lowest BCUT2D eigenvalue weighted by atomic mass is 10.1. The van der Waals surface area contributed by atoms with E-state index in [9.17, 15) is 62.6 Å². The number of halogens is 1. The second-order valence-electron chi connectivity index (χ2n) is 35.4. The molecule has 0 aliphatic carbocycles. The molecular formula is C119H129ClN6O21S. The third kappa shape index (κ3) is 39.0. The highest BCUT2D eigenvalue weighted by atomic mass is 35.5. The van der Waals surface area contributed by atoms with Crippen LogP contribution in [0.4, 0.5) is 17.1 Å². The number of methoxy groups -OCH3 is 2. The largest absolute Gasteiger partial charge is 0.496 e. The van der Waals surface area contributed by atoms with Gasteiger partial charge in [0.05, 0.1) is 81.7 Å². The van der Waals surface area contributed by atoms with Gasteiger partial charge in [-0.15, -0.1) is 11.8 Å². The smallest absolute Gasteiger partial charge is 0.343 e. The zero-order valence-corrected chi connectivity index (χ0v) is 86.8. The van der Waals surface area contributed by atoms with Gasteiger partial charge in [0.15, 0.2) is 0 Å². The molecule has 0 bridgehead atoms. The molecule has 0 radical (unpaired) electrons. The van der Waals surface area contributed by atoms with Gasteiger partial charge in [-0.05, 0) is 298 Å². The quantitative estimate of drug-likeness (QED) is 0.0119. The summed E-state index contributed by atoms with van der Waals surface area (Å²) in [5.41, 5.74) is 8.96. The number of thioether (sulfide) groups is 1. The van der Waals surface area contributed by atoms with Crippen LogP contribution in [0.1, 0.15) is 237 Å². The van der Waals surface area contributed by atoms with Gasteiger partial charge in [-0.3, -0.25) is 43.2 Å². The SMILES string of the molecule is CCCCCCCOc1ccc(C(=O)Oc2ccc(CN(CC(=O)O)C(=O)c3ccc(NC(=O)c4cccc(SC)c4)cc3)cc2)cc1.CCCCCCCOc1ccc(C(=O)Oc2ccc(CN(CC(C)=O)C(=O)c3ccc(NC(=O)Cc4ccc(OC)c(C)c4)cc3)cc2)cc1.CCCCCCCOc1ccc(C(=O)Oc2ccc(CN(CC(C)=O)C(=O)c3ccc(NC(=O)Cc4ccc(OC)c(Cl)c4)cc3)cc2)cc1. The number of ketones is 2. The van der Waals surface area contributed by atoms with Crippen LogP contribution in [0.2, 0.25) is 5.02 Å². The Bertz CT molecular complexity index is 6110. The molecule has 12 aromatic rings. The van der Waals surface area contributed by atoms with Crippen LogP contribution in [0.25, 0.3) is 0 Å². The van der Waals surface area contributed by atoms with Crippen molar-refractivity contribution in [2.75, 3.05) is 75.9 Å². The van der Waals surface area contributed by atoms with Crippen LogP contribution in [-0.4, -0.2) is 151 Å². The molecule has 4 N–H and O–H groups in total. The fourth-order valence-corrected chi connectivity index (χ4v) is 16.2. The molecule has 0 aromatic heterocycles. The summed E-state index contributed by atoms with van der Waals surface area (Å²) in [6, 6.07) is 78.0. The van der Waals surface area contributed by atoms with Crippen LogP contribution >= 0.6 is 23.4 Å². The first-order valence-electron chi connectivity index (χ1n) is 49.6. The van der Waals surface area contributed by atoms with E-state index in [-0.39, 0.29) is 92.2 Å². The minimum Gasteiger partial charge on any atom is -0.496 e. The molecule has 774 valence electrons. The molecule has 0 unspecified atom stereocenters. The van der Waals surface area contributed by atoms with Crippen molar-refractivity contribution < 1.29 is 101 Å². The lowest BCUT2D eigenvalue weighted by Crippen LogP contribution is -2.35. The number of carbonyl (C=O) groups is 12. The van der Waals surface area contributed by atoms with Gasteiger partial charge in [-0.1, -0.05) is 170 Å².